The van der Waals surface area contributed by atoms with Gasteiger partial charge in [-0.3, -0.25) is 18.7 Å². The maximum Gasteiger partial charge on any atom is 0.469 e. The van der Waals surface area contributed by atoms with Crippen molar-refractivity contribution in [3.63, 3.8) is 0 Å². The number of aliphatic hydroxyl groups is 7. The van der Waals surface area contributed by atoms with E-state index in [0.29, 0.717) is 0 Å². The Morgan fingerprint density at radius 2 is 1.90 bits per heavy atom. The van der Waals surface area contributed by atoms with Crippen LogP contribution in [0.1, 0.15) is 19.6 Å². The van der Waals surface area contributed by atoms with Crippen molar-refractivity contribution in [3.05, 3.63) is 22.7 Å². The number of hydrogen-bond acceptors (Lipinski definition) is 16. The molecule has 0 radical (unpaired) electrons. The first kappa shape index (κ1) is 35.6. The molecule has 2 fully saturated rings. The molecule has 0 bridgehead atoms. The summed E-state index contributed by atoms with van der Waals surface area (Å²) in [5.74, 6) is -4.44. The number of nitrogens with two attached hydrogens (primary N) is 2. The van der Waals surface area contributed by atoms with Gasteiger partial charge in [-0.1, -0.05) is 0 Å². The molecule has 14 N–H and O–H groups in total. The molecular formula is C20H34N5O16P. The number of primary amides is 1. The summed E-state index contributed by atoms with van der Waals surface area (Å²) in [7, 11) is -4.74. The molecule has 2 saturated heterocycles. The van der Waals surface area contributed by atoms with Gasteiger partial charge in [-0.25, -0.2) is 9.36 Å². The highest BCUT2D eigenvalue weighted by Gasteiger charge is 2.53. The first-order valence-electron chi connectivity index (χ1n) is 12.0. The average Bonchev–Trinajstić information content (AvgIpc) is 3.16. The minimum Gasteiger partial charge on any atom is -0.394 e. The van der Waals surface area contributed by atoms with E-state index < -0.39 is 106 Å². The van der Waals surface area contributed by atoms with Gasteiger partial charge in [0.1, 0.15) is 42.4 Å². The lowest BCUT2D eigenvalue weighted by Crippen LogP contribution is -2.68. The van der Waals surface area contributed by atoms with Crippen molar-refractivity contribution in [2.75, 3.05) is 18.9 Å². The molecule has 3 rings (SSSR count). The molecule has 1 aromatic rings. The van der Waals surface area contributed by atoms with E-state index in [-0.39, 0.29) is 5.82 Å². The fraction of sp³-hybridized carbons (Fsp3) is 0.700. The number of rotatable bonds is 9. The van der Waals surface area contributed by atoms with Gasteiger partial charge in [0.15, 0.2) is 6.23 Å². The Labute approximate surface area is 236 Å². The van der Waals surface area contributed by atoms with Gasteiger partial charge in [-0.15, -0.1) is 0 Å². The van der Waals surface area contributed by atoms with Crippen LogP contribution in [-0.4, -0.2) is 135 Å². The molecule has 0 aliphatic carbocycles. The van der Waals surface area contributed by atoms with E-state index in [1.54, 1.807) is 0 Å². The van der Waals surface area contributed by atoms with Gasteiger partial charge < -0.3 is 71.8 Å². The summed E-state index contributed by atoms with van der Waals surface area (Å²) in [5.41, 5.74) is 9.50. The number of nitrogen functional groups attached to an aromatic ring is 1. The topological polar surface area (TPSA) is 360 Å². The molecule has 0 unspecified atom stereocenters. The molecule has 10 atom stereocenters. The van der Waals surface area contributed by atoms with Gasteiger partial charge in [-0.05, 0) is 6.07 Å². The molecule has 0 aromatic carbocycles. The Bertz CT molecular complexity index is 1200. The molecule has 2 aliphatic rings. The van der Waals surface area contributed by atoms with E-state index >= 15 is 0 Å². The summed E-state index contributed by atoms with van der Waals surface area (Å²) in [5, 5.41) is 70.0. The Hall–Kier alpha value is -2.63. The molecular weight excluding hydrogens is 597 g/mol. The SMILES string of the molecule is CC(=O)N[C@H]1[C@H]([C@H](O)[C@H](O)CO)O[C@](O)(C(N)=O)C[C@@H]1O.Nc1ccn([C@@H]2O[C@H](COP(=O)(O)O)[C@@H](O)[C@H]2O)c(=O)n1. The smallest absolute Gasteiger partial charge is 0.394 e. The van der Waals surface area contributed by atoms with E-state index in [1.807, 2.05) is 0 Å². The zero-order valence-corrected chi connectivity index (χ0v) is 22.7. The number of nitrogens with zero attached hydrogens (tertiary/aromatic N) is 2. The van der Waals surface area contributed by atoms with Crippen LogP contribution in [0.5, 0.6) is 0 Å². The molecule has 0 spiro atoms. The highest BCUT2D eigenvalue weighted by molar-refractivity contribution is 7.46. The standard InChI is InChI=1S/C11H20N2O8.C9H14N3O8P/c1-4(15)13-7-5(16)2-11(20,10(12)19)21-9(7)8(18)6(17)3-14;10-5-1-2-12(9(15)11-5)8-7(14)6(13)4(20-8)3-19-21(16,17)18/h5-9,14,16-18,20H,2-3H2,1H3,(H2,12,19)(H,13,15);1-2,4,6-8,13-14H,3H2,(H2,10,11,15)(H2,16,17,18)/t5-,6+,7+,8+,9+,11-;4-,6-,7-,8-/m01/s1. The van der Waals surface area contributed by atoms with Crippen molar-refractivity contribution in [2.45, 2.75) is 74.1 Å². The minimum atomic E-state index is -4.74. The van der Waals surface area contributed by atoms with Gasteiger partial charge in [0, 0.05) is 19.5 Å². The highest BCUT2D eigenvalue weighted by Crippen LogP contribution is 2.38. The third-order valence-electron chi connectivity index (χ3n) is 6.13. The van der Waals surface area contributed by atoms with E-state index in [0.717, 1.165) is 11.5 Å². The first-order chi connectivity index (χ1) is 19.3. The number of aliphatic hydroxyl groups excluding tert-OH is 6. The number of amides is 2. The van der Waals surface area contributed by atoms with Crippen molar-refractivity contribution in [1.82, 2.24) is 14.9 Å². The Morgan fingerprint density at radius 1 is 1.29 bits per heavy atom. The monoisotopic (exact) mass is 631 g/mol. The normalized spacial score (nSPS) is 32.8. The minimum absolute atomic E-state index is 0.0225. The van der Waals surface area contributed by atoms with E-state index in [2.05, 4.69) is 14.8 Å². The molecule has 1 aromatic heterocycles. The first-order valence-corrected chi connectivity index (χ1v) is 13.5. The second-order valence-electron chi connectivity index (χ2n) is 9.34. The Kier molecular flexibility index (Phi) is 12.0. The lowest BCUT2D eigenvalue weighted by atomic mass is 9.88. The molecule has 2 aliphatic heterocycles. The predicted molar refractivity (Wildman–Crippen MR) is 133 cm³/mol. The summed E-state index contributed by atoms with van der Waals surface area (Å²) < 4.78 is 25.9. The van der Waals surface area contributed by atoms with Gasteiger partial charge in [-0.2, -0.15) is 4.98 Å². The zero-order valence-electron chi connectivity index (χ0n) is 21.9. The molecule has 0 saturated carbocycles. The van der Waals surface area contributed by atoms with Crippen LogP contribution >= 0.6 is 7.82 Å². The third-order valence-corrected chi connectivity index (χ3v) is 6.61. The van der Waals surface area contributed by atoms with Crippen LogP contribution in [0.2, 0.25) is 0 Å². The largest absolute Gasteiger partial charge is 0.469 e. The lowest BCUT2D eigenvalue weighted by molar-refractivity contribution is -0.285. The van der Waals surface area contributed by atoms with Crippen LogP contribution < -0.4 is 22.5 Å². The van der Waals surface area contributed by atoms with Gasteiger partial charge in [0.2, 0.25) is 11.7 Å². The molecule has 3 heterocycles. The number of aromatic nitrogens is 2. The lowest BCUT2D eigenvalue weighted by Gasteiger charge is -2.45. The Balaban J connectivity index is 0.000000293. The molecule has 42 heavy (non-hydrogen) atoms. The number of ether oxygens (including phenoxy) is 2. The number of carbonyl (C=O) groups excluding carboxylic acids is 2. The average molecular weight is 631 g/mol. The van der Waals surface area contributed by atoms with Crippen molar-refractivity contribution in [3.8, 4) is 0 Å². The van der Waals surface area contributed by atoms with Crippen molar-refractivity contribution >= 4 is 25.5 Å². The van der Waals surface area contributed by atoms with Crippen LogP contribution in [0.25, 0.3) is 0 Å². The number of nitrogens with one attached hydrogen (secondary N) is 1. The number of hydrogen-bond donors (Lipinski definition) is 12. The predicted octanol–water partition coefficient (Wildman–Crippen LogP) is -6.92. The van der Waals surface area contributed by atoms with Crippen LogP contribution in [0.15, 0.2) is 17.1 Å². The van der Waals surface area contributed by atoms with Crippen LogP contribution in [0, 0.1) is 0 Å². The van der Waals surface area contributed by atoms with Crippen LogP contribution in [-0.2, 0) is 28.2 Å². The number of anilines is 1. The number of carbonyl (C=O) groups is 2. The van der Waals surface area contributed by atoms with E-state index in [9.17, 15) is 49.6 Å². The van der Waals surface area contributed by atoms with Crippen LogP contribution in [0.4, 0.5) is 5.82 Å². The summed E-state index contributed by atoms with van der Waals surface area (Å²) in [6.45, 7) is -0.345. The second-order valence-corrected chi connectivity index (χ2v) is 10.6. The summed E-state index contributed by atoms with van der Waals surface area (Å²) in [6.07, 6.45) is -11.4. The number of phosphoric ester groups is 1. The second kappa shape index (κ2) is 14.2. The molecule has 240 valence electrons. The summed E-state index contributed by atoms with van der Waals surface area (Å²) in [6, 6.07) is 0.0851. The maximum absolute atomic E-state index is 11.6. The van der Waals surface area contributed by atoms with Gasteiger partial charge >= 0.3 is 13.5 Å². The van der Waals surface area contributed by atoms with Crippen molar-refractivity contribution < 1.29 is 73.7 Å². The zero-order chi connectivity index (χ0) is 32.2. The van der Waals surface area contributed by atoms with Gasteiger partial charge in [0.05, 0.1) is 25.4 Å². The molecule has 2 amide bonds. The van der Waals surface area contributed by atoms with Crippen molar-refractivity contribution in [2.24, 2.45) is 5.73 Å². The maximum atomic E-state index is 11.6. The van der Waals surface area contributed by atoms with Crippen molar-refractivity contribution in [1.29, 1.82) is 0 Å². The fourth-order valence-corrected chi connectivity index (χ4v) is 4.38. The number of phosphoric acid groups is 1. The molecule has 21 nitrogen and oxygen atoms in total. The van der Waals surface area contributed by atoms with Gasteiger partial charge in [0.25, 0.3) is 5.91 Å². The van der Waals surface area contributed by atoms with Crippen LogP contribution in [0.3, 0.4) is 0 Å². The van der Waals surface area contributed by atoms with E-state index in [4.69, 9.17) is 35.8 Å². The van der Waals surface area contributed by atoms with E-state index in [1.165, 1.54) is 12.3 Å². The molecule has 22 heteroatoms. The third kappa shape index (κ3) is 8.94. The highest BCUT2D eigenvalue weighted by atomic mass is 31.2. The Morgan fingerprint density at radius 3 is 2.40 bits per heavy atom. The summed E-state index contributed by atoms with van der Waals surface area (Å²) in [4.78, 5) is 54.6. The quantitative estimate of drug-likeness (QED) is 0.113. The summed E-state index contributed by atoms with van der Waals surface area (Å²) >= 11 is 0. The fourth-order valence-electron chi connectivity index (χ4n) is 4.04.